The Hall–Kier alpha value is -4.91. The standard InChI is InChI=1S/C34H32N2O5/c1-34(2,3)26-20-23(13-18-28(26)40-4)31(37)29-30(27-12-8-9-19-35-27)36(33(39)32(29)38)24-14-16-25(17-15-24)41-21-22-10-6-5-7-11-22/h5-20,30,37H,21H2,1-4H3/b31-29-. The Bertz CT molecular complexity index is 1590. The lowest BCUT2D eigenvalue weighted by atomic mass is 9.84. The number of methoxy groups -OCH3 is 1. The van der Waals surface area contributed by atoms with E-state index in [9.17, 15) is 14.7 Å². The van der Waals surface area contributed by atoms with Gasteiger partial charge in [0, 0.05) is 23.0 Å². The van der Waals surface area contributed by atoms with Gasteiger partial charge in [-0.15, -0.1) is 0 Å². The lowest BCUT2D eigenvalue weighted by molar-refractivity contribution is -0.132. The molecule has 208 valence electrons. The molecule has 7 nitrogen and oxygen atoms in total. The number of aliphatic hydroxyl groups is 1. The number of rotatable bonds is 7. The minimum Gasteiger partial charge on any atom is -0.507 e. The van der Waals surface area contributed by atoms with Crippen molar-refractivity contribution in [1.29, 1.82) is 0 Å². The molecular weight excluding hydrogens is 516 g/mol. The van der Waals surface area contributed by atoms with E-state index in [4.69, 9.17) is 9.47 Å². The van der Waals surface area contributed by atoms with Crippen molar-refractivity contribution in [3.63, 3.8) is 0 Å². The maximum absolute atomic E-state index is 13.5. The first-order valence-corrected chi connectivity index (χ1v) is 13.4. The number of aromatic nitrogens is 1. The van der Waals surface area contributed by atoms with Gasteiger partial charge in [-0.3, -0.25) is 19.5 Å². The second-order valence-electron chi connectivity index (χ2n) is 10.9. The van der Waals surface area contributed by atoms with E-state index in [-0.39, 0.29) is 16.7 Å². The fourth-order valence-electron chi connectivity index (χ4n) is 4.96. The number of hydrogen-bond donors (Lipinski definition) is 1. The summed E-state index contributed by atoms with van der Waals surface area (Å²) in [5.74, 6) is -0.500. The maximum Gasteiger partial charge on any atom is 0.300 e. The third-order valence-corrected chi connectivity index (χ3v) is 7.06. The highest BCUT2D eigenvalue weighted by atomic mass is 16.5. The number of carbonyl (C=O) groups is 2. The number of ether oxygens (including phenoxy) is 2. The zero-order valence-electron chi connectivity index (χ0n) is 23.5. The second kappa shape index (κ2) is 11.3. The van der Waals surface area contributed by atoms with Crippen LogP contribution in [-0.4, -0.2) is 28.9 Å². The summed E-state index contributed by atoms with van der Waals surface area (Å²) < 4.78 is 11.4. The maximum atomic E-state index is 13.5. The number of Topliss-reactive ketones (excluding diaryl/α,β-unsaturated/α-hetero) is 1. The molecule has 7 heteroatoms. The average molecular weight is 549 g/mol. The minimum atomic E-state index is -0.924. The zero-order chi connectivity index (χ0) is 29.1. The first-order chi connectivity index (χ1) is 19.7. The van der Waals surface area contributed by atoms with Crippen LogP contribution in [0.1, 0.15) is 49.2 Å². The third kappa shape index (κ3) is 5.57. The van der Waals surface area contributed by atoms with Crippen molar-refractivity contribution in [3.05, 3.63) is 125 Å². The van der Waals surface area contributed by atoms with Crippen LogP contribution >= 0.6 is 0 Å². The third-order valence-electron chi connectivity index (χ3n) is 7.06. The quantitative estimate of drug-likeness (QED) is 0.159. The van der Waals surface area contributed by atoms with E-state index in [0.29, 0.717) is 35.1 Å². The van der Waals surface area contributed by atoms with Gasteiger partial charge < -0.3 is 14.6 Å². The zero-order valence-corrected chi connectivity index (χ0v) is 23.5. The summed E-state index contributed by atoms with van der Waals surface area (Å²) in [7, 11) is 1.59. The molecule has 1 aliphatic heterocycles. The van der Waals surface area contributed by atoms with Gasteiger partial charge in [0.05, 0.1) is 18.4 Å². The molecule has 1 aromatic heterocycles. The number of benzene rings is 3. The van der Waals surface area contributed by atoms with E-state index >= 15 is 0 Å². The number of anilines is 1. The molecule has 4 aromatic rings. The van der Waals surface area contributed by atoms with Gasteiger partial charge in [-0.1, -0.05) is 57.2 Å². The molecule has 41 heavy (non-hydrogen) atoms. The molecule has 0 saturated carbocycles. The van der Waals surface area contributed by atoms with Crippen LogP contribution in [0.2, 0.25) is 0 Å². The van der Waals surface area contributed by atoms with E-state index in [1.807, 2.05) is 51.1 Å². The van der Waals surface area contributed by atoms with Crippen molar-refractivity contribution in [2.45, 2.75) is 38.8 Å². The Balaban J connectivity index is 1.55. The predicted octanol–water partition coefficient (Wildman–Crippen LogP) is 6.59. The van der Waals surface area contributed by atoms with Crippen molar-refractivity contribution in [2.24, 2.45) is 0 Å². The lowest BCUT2D eigenvalue weighted by Gasteiger charge is -2.25. The van der Waals surface area contributed by atoms with E-state index in [2.05, 4.69) is 4.98 Å². The van der Waals surface area contributed by atoms with E-state index in [1.54, 1.807) is 74.0 Å². The van der Waals surface area contributed by atoms with Gasteiger partial charge >= 0.3 is 0 Å². The second-order valence-corrected chi connectivity index (χ2v) is 10.9. The van der Waals surface area contributed by atoms with Gasteiger partial charge in [0.25, 0.3) is 11.7 Å². The first-order valence-electron chi connectivity index (χ1n) is 13.4. The Morgan fingerprint density at radius 2 is 1.63 bits per heavy atom. The summed E-state index contributed by atoms with van der Waals surface area (Å²) in [6.07, 6.45) is 1.60. The Morgan fingerprint density at radius 1 is 0.927 bits per heavy atom. The van der Waals surface area contributed by atoms with Crippen molar-refractivity contribution in [3.8, 4) is 11.5 Å². The summed E-state index contributed by atoms with van der Waals surface area (Å²) in [4.78, 5) is 32.9. The molecule has 2 heterocycles. The number of pyridine rings is 1. The smallest absolute Gasteiger partial charge is 0.300 e. The van der Waals surface area contributed by atoms with Crippen LogP contribution in [0.15, 0.2) is 103 Å². The molecule has 1 amide bonds. The fourth-order valence-corrected chi connectivity index (χ4v) is 4.96. The number of nitrogens with zero attached hydrogens (tertiary/aromatic N) is 2. The molecule has 0 aliphatic carbocycles. The number of hydrogen-bond acceptors (Lipinski definition) is 6. The van der Waals surface area contributed by atoms with E-state index in [0.717, 1.165) is 11.1 Å². The molecule has 1 aliphatic rings. The fraction of sp³-hybridized carbons (Fsp3) is 0.206. The Labute approximate surface area is 239 Å². The number of amides is 1. The summed E-state index contributed by atoms with van der Waals surface area (Å²) in [6.45, 7) is 6.51. The normalized spacial score (nSPS) is 16.6. The summed E-state index contributed by atoms with van der Waals surface area (Å²) in [5, 5.41) is 11.6. The largest absolute Gasteiger partial charge is 0.507 e. The molecule has 5 rings (SSSR count). The average Bonchev–Trinajstić information content (AvgIpc) is 3.26. The van der Waals surface area contributed by atoms with Crippen molar-refractivity contribution in [2.75, 3.05) is 12.0 Å². The molecule has 0 spiro atoms. The van der Waals surface area contributed by atoms with E-state index in [1.165, 1.54) is 4.90 Å². The minimum absolute atomic E-state index is 0.0249. The Kier molecular flexibility index (Phi) is 7.62. The monoisotopic (exact) mass is 548 g/mol. The number of carbonyl (C=O) groups excluding carboxylic acids is 2. The topological polar surface area (TPSA) is 89.0 Å². The van der Waals surface area contributed by atoms with Crippen LogP contribution in [0.4, 0.5) is 5.69 Å². The van der Waals surface area contributed by atoms with Gasteiger partial charge in [0.1, 0.15) is 29.9 Å². The summed E-state index contributed by atoms with van der Waals surface area (Å²) in [6, 6.07) is 26.4. The predicted molar refractivity (Wildman–Crippen MR) is 158 cm³/mol. The first kappa shape index (κ1) is 27.6. The molecule has 0 bridgehead atoms. The molecular formula is C34H32N2O5. The highest BCUT2D eigenvalue weighted by molar-refractivity contribution is 6.51. The van der Waals surface area contributed by atoms with Gasteiger partial charge in [-0.2, -0.15) is 0 Å². The van der Waals surface area contributed by atoms with Gasteiger partial charge in [-0.25, -0.2) is 0 Å². The molecule has 1 fully saturated rings. The van der Waals surface area contributed by atoms with Crippen LogP contribution in [0, 0.1) is 0 Å². The molecule has 3 aromatic carbocycles. The van der Waals surface area contributed by atoms with Crippen molar-refractivity contribution >= 4 is 23.1 Å². The highest BCUT2D eigenvalue weighted by Crippen LogP contribution is 2.43. The van der Waals surface area contributed by atoms with Crippen LogP contribution < -0.4 is 14.4 Å². The van der Waals surface area contributed by atoms with Crippen LogP contribution in [0.3, 0.4) is 0 Å². The summed E-state index contributed by atoms with van der Waals surface area (Å²) in [5.41, 5.74) is 2.94. The molecule has 1 N–H and O–H groups in total. The van der Waals surface area contributed by atoms with Gasteiger partial charge in [0.2, 0.25) is 0 Å². The molecule has 1 unspecified atom stereocenters. The van der Waals surface area contributed by atoms with Crippen LogP contribution in [0.5, 0.6) is 11.5 Å². The lowest BCUT2D eigenvalue weighted by Crippen LogP contribution is -2.29. The Morgan fingerprint density at radius 3 is 2.27 bits per heavy atom. The van der Waals surface area contributed by atoms with Crippen molar-refractivity contribution < 1.29 is 24.2 Å². The molecule has 1 atom stereocenters. The van der Waals surface area contributed by atoms with E-state index < -0.39 is 17.7 Å². The number of ketones is 1. The summed E-state index contributed by atoms with van der Waals surface area (Å²) >= 11 is 0. The van der Waals surface area contributed by atoms with Crippen LogP contribution in [-0.2, 0) is 21.6 Å². The molecule has 1 saturated heterocycles. The van der Waals surface area contributed by atoms with Gasteiger partial charge in [-0.05, 0) is 65.6 Å². The highest BCUT2D eigenvalue weighted by Gasteiger charge is 2.47. The van der Waals surface area contributed by atoms with Crippen LogP contribution in [0.25, 0.3) is 5.76 Å². The van der Waals surface area contributed by atoms with Crippen molar-refractivity contribution in [1.82, 2.24) is 4.98 Å². The van der Waals surface area contributed by atoms with Gasteiger partial charge in [0.15, 0.2) is 0 Å². The molecule has 0 radical (unpaired) electrons. The number of aliphatic hydroxyl groups excluding tert-OH is 1. The SMILES string of the molecule is COc1ccc(/C(O)=C2/C(=O)C(=O)N(c3ccc(OCc4ccccc4)cc3)C2c2ccccn2)cc1C(C)(C)C.